The molecule has 0 aliphatic heterocycles. The van der Waals surface area contributed by atoms with Crippen LogP contribution in [-0.2, 0) is 6.54 Å². The first kappa shape index (κ1) is 14.8. The molecule has 1 amide bonds. The average Bonchev–Trinajstić information content (AvgIpc) is 2.98. The molecule has 0 radical (unpaired) electrons. The molecule has 3 rings (SSSR count). The van der Waals surface area contributed by atoms with E-state index < -0.39 is 5.91 Å². The van der Waals surface area contributed by atoms with E-state index in [1.165, 1.54) is 10.6 Å². The van der Waals surface area contributed by atoms with Crippen molar-refractivity contribution in [3.05, 3.63) is 70.3 Å². The van der Waals surface area contributed by atoms with Gasteiger partial charge in [-0.1, -0.05) is 18.2 Å². The molecule has 0 aliphatic rings. The van der Waals surface area contributed by atoms with Crippen LogP contribution in [0.2, 0.25) is 0 Å². The summed E-state index contributed by atoms with van der Waals surface area (Å²) in [6.45, 7) is 2.36. The zero-order valence-electron chi connectivity index (χ0n) is 12.6. The van der Waals surface area contributed by atoms with E-state index in [1.807, 2.05) is 37.4 Å². The Labute approximate surface area is 132 Å². The number of pyridine rings is 1. The summed E-state index contributed by atoms with van der Waals surface area (Å²) in [6.07, 6.45) is 5.01. The quantitative estimate of drug-likeness (QED) is 0.572. The van der Waals surface area contributed by atoms with Gasteiger partial charge in [0.25, 0.3) is 11.5 Å². The van der Waals surface area contributed by atoms with Crippen LogP contribution in [0.25, 0.3) is 10.9 Å². The van der Waals surface area contributed by atoms with E-state index in [1.54, 1.807) is 18.5 Å². The van der Waals surface area contributed by atoms with Crippen LogP contribution in [0.5, 0.6) is 0 Å². The number of carbonyl (C=O) groups excluding carboxylic acids is 1. The Bertz CT molecular complexity index is 937. The van der Waals surface area contributed by atoms with E-state index in [2.05, 4.69) is 15.5 Å². The summed E-state index contributed by atoms with van der Waals surface area (Å²) in [5.74, 6) is -0.520. The fourth-order valence-electron chi connectivity index (χ4n) is 2.38. The van der Waals surface area contributed by atoms with Gasteiger partial charge in [-0.25, -0.2) is 5.43 Å². The lowest BCUT2D eigenvalue weighted by Crippen LogP contribution is -2.30. The van der Waals surface area contributed by atoms with Gasteiger partial charge >= 0.3 is 0 Å². The lowest BCUT2D eigenvalue weighted by atomic mass is 10.2. The zero-order valence-corrected chi connectivity index (χ0v) is 12.6. The molecule has 1 aromatic carbocycles. The standard InChI is InChI=1S/C17H16N4O2/c1-2-21-9-5-7-14(17(21)23)16(22)20-19-11-12-10-18-15-8-4-3-6-13(12)15/h3-11,18H,2H2,1H3,(H,20,22)/b19-11-. The molecule has 0 saturated carbocycles. The highest BCUT2D eigenvalue weighted by Crippen LogP contribution is 2.15. The van der Waals surface area contributed by atoms with Crippen LogP contribution < -0.4 is 11.0 Å². The number of rotatable bonds is 4. The summed E-state index contributed by atoms with van der Waals surface area (Å²) in [4.78, 5) is 27.3. The topological polar surface area (TPSA) is 79.2 Å². The molecule has 0 bridgehead atoms. The van der Waals surface area contributed by atoms with Crippen LogP contribution in [-0.4, -0.2) is 21.7 Å². The van der Waals surface area contributed by atoms with Crippen LogP contribution in [0.4, 0.5) is 0 Å². The molecule has 2 aromatic heterocycles. The van der Waals surface area contributed by atoms with Gasteiger partial charge in [-0.05, 0) is 25.1 Å². The van der Waals surface area contributed by atoms with Crippen molar-refractivity contribution in [3.63, 3.8) is 0 Å². The number of nitrogens with zero attached hydrogens (tertiary/aromatic N) is 2. The molecule has 116 valence electrons. The highest BCUT2D eigenvalue weighted by molar-refractivity contribution is 6.00. The van der Waals surface area contributed by atoms with Gasteiger partial charge in [0.05, 0.1) is 6.21 Å². The Morgan fingerprint density at radius 1 is 1.30 bits per heavy atom. The van der Waals surface area contributed by atoms with Crippen molar-refractivity contribution in [3.8, 4) is 0 Å². The van der Waals surface area contributed by atoms with Crippen LogP contribution in [0, 0.1) is 0 Å². The molecule has 0 spiro atoms. The Morgan fingerprint density at radius 2 is 2.13 bits per heavy atom. The van der Waals surface area contributed by atoms with Gasteiger partial charge in [-0.3, -0.25) is 9.59 Å². The lowest BCUT2D eigenvalue weighted by molar-refractivity contribution is 0.0953. The number of aromatic amines is 1. The minimum Gasteiger partial charge on any atom is -0.361 e. The highest BCUT2D eigenvalue weighted by atomic mass is 16.2. The van der Waals surface area contributed by atoms with E-state index in [9.17, 15) is 9.59 Å². The number of H-pyrrole nitrogens is 1. The maximum Gasteiger partial charge on any atom is 0.276 e. The fraction of sp³-hybridized carbons (Fsp3) is 0.118. The van der Waals surface area contributed by atoms with Crippen molar-refractivity contribution in [2.45, 2.75) is 13.5 Å². The van der Waals surface area contributed by atoms with Gasteiger partial charge in [-0.15, -0.1) is 0 Å². The Hall–Kier alpha value is -3.15. The monoisotopic (exact) mass is 308 g/mol. The van der Waals surface area contributed by atoms with Crippen molar-refractivity contribution < 1.29 is 4.79 Å². The Kier molecular flexibility index (Phi) is 4.05. The molecular weight excluding hydrogens is 292 g/mol. The molecule has 0 atom stereocenters. The normalized spacial score (nSPS) is 11.2. The van der Waals surface area contributed by atoms with Crippen LogP contribution in [0.1, 0.15) is 22.8 Å². The third kappa shape index (κ3) is 2.91. The number of para-hydroxylation sites is 1. The largest absolute Gasteiger partial charge is 0.361 e. The predicted molar refractivity (Wildman–Crippen MR) is 89.7 cm³/mol. The second-order valence-corrected chi connectivity index (χ2v) is 5.00. The van der Waals surface area contributed by atoms with Crippen molar-refractivity contribution in [1.29, 1.82) is 0 Å². The number of hydrogen-bond acceptors (Lipinski definition) is 3. The Morgan fingerprint density at radius 3 is 2.96 bits per heavy atom. The highest BCUT2D eigenvalue weighted by Gasteiger charge is 2.10. The number of benzene rings is 1. The summed E-state index contributed by atoms with van der Waals surface area (Å²) < 4.78 is 1.47. The summed E-state index contributed by atoms with van der Waals surface area (Å²) >= 11 is 0. The van der Waals surface area contributed by atoms with E-state index in [0.717, 1.165) is 16.5 Å². The summed E-state index contributed by atoms with van der Waals surface area (Å²) in [5, 5.41) is 4.96. The maximum atomic E-state index is 12.1. The second-order valence-electron chi connectivity index (χ2n) is 5.00. The van der Waals surface area contributed by atoms with Crippen molar-refractivity contribution in [1.82, 2.24) is 15.0 Å². The molecule has 2 N–H and O–H groups in total. The van der Waals surface area contributed by atoms with Crippen LogP contribution in [0.3, 0.4) is 0 Å². The molecule has 0 aliphatic carbocycles. The van der Waals surface area contributed by atoms with Crippen molar-refractivity contribution in [2.75, 3.05) is 0 Å². The molecule has 6 nitrogen and oxygen atoms in total. The maximum absolute atomic E-state index is 12.1. The summed E-state index contributed by atoms with van der Waals surface area (Å²) in [5.41, 5.74) is 4.00. The third-order valence-corrected chi connectivity index (χ3v) is 3.60. The molecule has 3 aromatic rings. The lowest BCUT2D eigenvalue weighted by Gasteiger charge is -2.03. The van der Waals surface area contributed by atoms with Gasteiger partial charge in [0.15, 0.2) is 0 Å². The molecule has 6 heteroatoms. The van der Waals surface area contributed by atoms with Crippen molar-refractivity contribution >= 4 is 23.0 Å². The van der Waals surface area contributed by atoms with Gasteiger partial charge in [0.1, 0.15) is 5.56 Å². The second kappa shape index (κ2) is 6.31. The smallest absolute Gasteiger partial charge is 0.276 e. The van der Waals surface area contributed by atoms with E-state index in [0.29, 0.717) is 6.54 Å². The number of aromatic nitrogens is 2. The third-order valence-electron chi connectivity index (χ3n) is 3.60. The number of hydrogen-bond donors (Lipinski definition) is 2. The summed E-state index contributed by atoms with van der Waals surface area (Å²) in [7, 11) is 0. The van der Waals surface area contributed by atoms with E-state index in [4.69, 9.17) is 0 Å². The molecule has 0 unspecified atom stereocenters. The Balaban J connectivity index is 1.78. The number of nitrogens with one attached hydrogen (secondary N) is 2. The number of carbonyl (C=O) groups is 1. The molecule has 0 fully saturated rings. The summed E-state index contributed by atoms with van der Waals surface area (Å²) in [6, 6.07) is 11.0. The molecular formula is C17H16N4O2. The molecule has 2 heterocycles. The van der Waals surface area contributed by atoms with E-state index in [-0.39, 0.29) is 11.1 Å². The number of aryl methyl sites for hydroxylation is 1. The molecule has 0 saturated heterocycles. The van der Waals surface area contributed by atoms with Gasteiger partial charge in [0.2, 0.25) is 0 Å². The number of fused-ring (bicyclic) bond motifs is 1. The first-order chi connectivity index (χ1) is 11.2. The van der Waals surface area contributed by atoms with Crippen molar-refractivity contribution in [2.24, 2.45) is 5.10 Å². The minimum atomic E-state index is -0.520. The zero-order chi connectivity index (χ0) is 16.2. The van der Waals surface area contributed by atoms with Gasteiger partial charge < -0.3 is 9.55 Å². The minimum absolute atomic E-state index is 0.0745. The predicted octanol–water partition coefficient (Wildman–Crippen LogP) is 2.11. The van der Waals surface area contributed by atoms with Crippen LogP contribution in [0.15, 0.2) is 58.7 Å². The average molecular weight is 308 g/mol. The van der Waals surface area contributed by atoms with E-state index >= 15 is 0 Å². The van der Waals surface area contributed by atoms with Crippen LogP contribution >= 0.6 is 0 Å². The first-order valence-corrected chi connectivity index (χ1v) is 7.29. The number of hydrazone groups is 1. The fourth-order valence-corrected chi connectivity index (χ4v) is 2.38. The first-order valence-electron chi connectivity index (χ1n) is 7.29. The molecule has 23 heavy (non-hydrogen) atoms. The van der Waals surface area contributed by atoms with Gasteiger partial charge in [-0.2, -0.15) is 5.10 Å². The van der Waals surface area contributed by atoms with Gasteiger partial charge in [0, 0.05) is 35.4 Å². The number of amides is 1. The SMILES string of the molecule is CCn1cccc(C(=O)N/N=C\c2c[nH]c3ccccc23)c1=O.